The lowest BCUT2D eigenvalue weighted by molar-refractivity contribution is -0.0444. The van der Waals surface area contributed by atoms with Crippen molar-refractivity contribution >= 4 is 0 Å². The smallest absolute Gasteiger partial charge is 0.0925 e. The van der Waals surface area contributed by atoms with Gasteiger partial charge in [0.2, 0.25) is 0 Å². The van der Waals surface area contributed by atoms with Gasteiger partial charge in [0.15, 0.2) is 0 Å². The number of hydrogen-bond acceptors (Lipinski definition) is 2. The van der Waals surface area contributed by atoms with Gasteiger partial charge in [0.25, 0.3) is 0 Å². The molecule has 1 N–H and O–H groups in total. The lowest BCUT2D eigenvalue weighted by Gasteiger charge is -2.41. The van der Waals surface area contributed by atoms with Crippen LogP contribution in [0, 0.1) is 5.92 Å². The standard InChI is InChI=1S/C16H24O2/c1-12-8-10-16(17,13(2)9-11-18-3)15-7-5-4-6-14(12)15/h4-7,12-13,17H,8-11H2,1-3H3. The summed E-state index contributed by atoms with van der Waals surface area (Å²) in [6.07, 6.45) is 2.82. The first-order valence-corrected chi connectivity index (χ1v) is 6.90. The van der Waals surface area contributed by atoms with E-state index in [1.807, 2.05) is 6.07 Å². The average Bonchev–Trinajstić information content (AvgIpc) is 2.40. The van der Waals surface area contributed by atoms with Crippen LogP contribution in [-0.4, -0.2) is 18.8 Å². The Bertz CT molecular complexity index is 402. The molecule has 1 aliphatic rings. The SMILES string of the molecule is COCCC(C)C1(O)CCC(C)c2ccccc21. The summed E-state index contributed by atoms with van der Waals surface area (Å²) in [6, 6.07) is 8.35. The zero-order chi connectivity index (χ0) is 13.2. The maximum absolute atomic E-state index is 11.1. The summed E-state index contributed by atoms with van der Waals surface area (Å²) in [6.45, 7) is 5.09. The van der Waals surface area contributed by atoms with Gasteiger partial charge in [-0.15, -0.1) is 0 Å². The maximum Gasteiger partial charge on any atom is 0.0925 e. The number of fused-ring (bicyclic) bond motifs is 1. The maximum atomic E-state index is 11.1. The van der Waals surface area contributed by atoms with E-state index in [1.165, 1.54) is 5.56 Å². The van der Waals surface area contributed by atoms with E-state index in [-0.39, 0.29) is 5.92 Å². The Morgan fingerprint density at radius 1 is 1.44 bits per heavy atom. The molecule has 0 spiro atoms. The van der Waals surface area contributed by atoms with Crippen LogP contribution in [0.15, 0.2) is 24.3 Å². The molecule has 2 nitrogen and oxygen atoms in total. The van der Waals surface area contributed by atoms with Crippen LogP contribution < -0.4 is 0 Å². The molecule has 3 atom stereocenters. The molecule has 18 heavy (non-hydrogen) atoms. The predicted octanol–water partition coefficient (Wildman–Crippen LogP) is 3.44. The molecule has 1 aliphatic carbocycles. The number of hydrogen-bond donors (Lipinski definition) is 1. The van der Waals surface area contributed by atoms with Gasteiger partial charge in [-0.25, -0.2) is 0 Å². The fourth-order valence-corrected chi connectivity index (χ4v) is 3.09. The van der Waals surface area contributed by atoms with Crippen molar-refractivity contribution in [3.8, 4) is 0 Å². The second kappa shape index (κ2) is 5.41. The third-order valence-electron chi connectivity index (χ3n) is 4.49. The highest BCUT2D eigenvalue weighted by molar-refractivity contribution is 5.37. The Morgan fingerprint density at radius 2 is 2.17 bits per heavy atom. The summed E-state index contributed by atoms with van der Waals surface area (Å²) in [7, 11) is 1.72. The lowest BCUT2D eigenvalue weighted by atomic mass is 9.68. The molecule has 0 aromatic heterocycles. The highest BCUT2D eigenvalue weighted by Gasteiger charge is 2.40. The van der Waals surface area contributed by atoms with E-state index in [1.54, 1.807) is 7.11 Å². The van der Waals surface area contributed by atoms with Crippen molar-refractivity contribution in [2.75, 3.05) is 13.7 Å². The van der Waals surface area contributed by atoms with Crippen LogP contribution in [0.25, 0.3) is 0 Å². The molecule has 2 heteroatoms. The van der Waals surface area contributed by atoms with Gasteiger partial charge in [0.05, 0.1) is 5.60 Å². The minimum absolute atomic E-state index is 0.228. The second-order valence-electron chi connectivity index (χ2n) is 5.63. The zero-order valence-electron chi connectivity index (χ0n) is 11.6. The molecule has 1 aromatic rings. The summed E-state index contributed by atoms with van der Waals surface area (Å²) >= 11 is 0. The summed E-state index contributed by atoms with van der Waals surface area (Å²) < 4.78 is 5.15. The summed E-state index contributed by atoms with van der Waals surface area (Å²) in [5.41, 5.74) is 1.77. The quantitative estimate of drug-likeness (QED) is 0.884. The van der Waals surface area contributed by atoms with Gasteiger partial charge in [0, 0.05) is 13.7 Å². The number of aliphatic hydroxyl groups is 1. The van der Waals surface area contributed by atoms with E-state index >= 15 is 0 Å². The Morgan fingerprint density at radius 3 is 2.89 bits per heavy atom. The molecule has 0 bridgehead atoms. The van der Waals surface area contributed by atoms with Crippen molar-refractivity contribution in [2.24, 2.45) is 5.92 Å². The Kier molecular flexibility index (Phi) is 4.08. The van der Waals surface area contributed by atoms with Crippen molar-refractivity contribution in [3.63, 3.8) is 0 Å². The van der Waals surface area contributed by atoms with E-state index in [0.29, 0.717) is 12.5 Å². The van der Waals surface area contributed by atoms with Gasteiger partial charge >= 0.3 is 0 Å². The molecule has 0 saturated carbocycles. The van der Waals surface area contributed by atoms with Crippen LogP contribution in [0.4, 0.5) is 0 Å². The van der Waals surface area contributed by atoms with E-state index < -0.39 is 5.60 Å². The van der Waals surface area contributed by atoms with Crippen molar-refractivity contribution in [3.05, 3.63) is 35.4 Å². The molecular weight excluding hydrogens is 224 g/mol. The monoisotopic (exact) mass is 248 g/mol. The van der Waals surface area contributed by atoms with Crippen LogP contribution in [0.3, 0.4) is 0 Å². The first kappa shape index (κ1) is 13.6. The average molecular weight is 248 g/mol. The third-order valence-corrected chi connectivity index (χ3v) is 4.49. The topological polar surface area (TPSA) is 29.5 Å². The van der Waals surface area contributed by atoms with Crippen LogP contribution in [0.1, 0.15) is 50.2 Å². The van der Waals surface area contributed by atoms with E-state index in [0.717, 1.165) is 24.8 Å². The van der Waals surface area contributed by atoms with Gasteiger partial charge in [-0.3, -0.25) is 0 Å². The molecule has 0 fully saturated rings. The van der Waals surface area contributed by atoms with Gasteiger partial charge in [-0.2, -0.15) is 0 Å². The van der Waals surface area contributed by atoms with Crippen LogP contribution in [0.5, 0.6) is 0 Å². The molecule has 3 unspecified atom stereocenters. The Hall–Kier alpha value is -0.860. The largest absolute Gasteiger partial charge is 0.385 e. The normalized spacial score (nSPS) is 28.8. The van der Waals surface area contributed by atoms with Gasteiger partial charge in [0.1, 0.15) is 0 Å². The number of methoxy groups -OCH3 is 1. The minimum atomic E-state index is -0.679. The highest BCUT2D eigenvalue weighted by atomic mass is 16.5. The van der Waals surface area contributed by atoms with Crippen LogP contribution >= 0.6 is 0 Å². The van der Waals surface area contributed by atoms with Gasteiger partial charge in [-0.05, 0) is 42.2 Å². The molecule has 100 valence electrons. The number of ether oxygens (including phenoxy) is 1. The first-order valence-electron chi connectivity index (χ1n) is 6.90. The predicted molar refractivity (Wildman–Crippen MR) is 73.6 cm³/mol. The number of rotatable bonds is 4. The first-order chi connectivity index (χ1) is 8.59. The second-order valence-corrected chi connectivity index (χ2v) is 5.63. The molecule has 2 rings (SSSR count). The van der Waals surface area contributed by atoms with Gasteiger partial charge < -0.3 is 9.84 Å². The lowest BCUT2D eigenvalue weighted by Crippen LogP contribution is -2.38. The Balaban J connectivity index is 2.31. The molecule has 0 heterocycles. The molecule has 0 radical (unpaired) electrons. The minimum Gasteiger partial charge on any atom is -0.385 e. The third kappa shape index (κ3) is 2.32. The summed E-state index contributed by atoms with van der Waals surface area (Å²) in [4.78, 5) is 0. The molecule has 0 saturated heterocycles. The molecule has 0 aliphatic heterocycles. The fraction of sp³-hybridized carbons (Fsp3) is 0.625. The summed E-state index contributed by atoms with van der Waals surface area (Å²) in [5.74, 6) is 0.780. The zero-order valence-corrected chi connectivity index (χ0v) is 11.6. The van der Waals surface area contributed by atoms with E-state index in [9.17, 15) is 5.11 Å². The highest BCUT2D eigenvalue weighted by Crippen LogP contribution is 2.45. The molecular formula is C16H24O2. The van der Waals surface area contributed by atoms with Crippen molar-refractivity contribution in [1.82, 2.24) is 0 Å². The Labute approximate surface area is 110 Å². The van der Waals surface area contributed by atoms with E-state index in [4.69, 9.17) is 4.74 Å². The van der Waals surface area contributed by atoms with E-state index in [2.05, 4.69) is 32.0 Å². The van der Waals surface area contributed by atoms with Gasteiger partial charge in [-0.1, -0.05) is 38.1 Å². The van der Waals surface area contributed by atoms with Crippen LogP contribution in [0.2, 0.25) is 0 Å². The van der Waals surface area contributed by atoms with Crippen molar-refractivity contribution in [2.45, 2.75) is 44.6 Å². The van der Waals surface area contributed by atoms with Crippen molar-refractivity contribution < 1.29 is 9.84 Å². The molecule has 0 amide bonds. The molecule has 1 aromatic carbocycles. The fourth-order valence-electron chi connectivity index (χ4n) is 3.09. The van der Waals surface area contributed by atoms with Crippen molar-refractivity contribution in [1.29, 1.82) is 0 Å². The number of benzene rings is 1. The van der Waals surface area contributed by atoms with Crippen LogP contribution in [-0.2, 0) is 10.3 Å². The summed E-state index contributed by atoms with van der Waals surface area (Å²) in [5, 5.41) is 11.1.